The first-order valence-corrected chi connectivity index (χ1v) is 5.25. The van der Waals surface area contributed by atoms with Crippen LogP contribution in [0.25, 0.3) is 5.69 Å². The van der Waals surface area contributed by atoms with E-state index in [1.807, 2.05) is 12.1 Å². The molecule has 0 spiro atoms. The number of anilines is 1. The molecule has 0 saturated carbocycles. The van der Waals surface area contributed by atoms with Crippen LogP contribution in [0, 0.1) is 0 Å². The molecule has 0 unspecified atom stereocenters. The molecular formula is C12H16N4. The molecule has 2 aromatic rings. The van der Waals surface area contributed by atoms with Gasteiger partial charge in [0.2, 0.25) is 0 Å². The fourth-order valence-electron chi connectivity index (χ4n) is 1.49. The van der Waals surface area contributed by atoms with Gasteiger partial charge in [-0.05, 0) is 23.1 Å². The normalized spacial score (nSPS) is 11.7. The van der Waals surface area contributed by atoms with Crippen LogP contribution in [0.3, 0.4) is 0 Å². The molecule has 16 heavy (non-hydrogen) atoms. The van der Waals surface area contributed by atoms with E-state index < -0.39 is 0 Å². The van der Waals surface area contributed by atoms with Crippen LogP contribution < -0.4 is 5.73 Å². The molecule has 0 bridgehead atoms. The Morgan fingerprint density at radius 1 is 1.12 bits per heavy atom. The van der Waals surface area contributed by atoms with Crippen molar-refractivity contribution in [3.8, 4) is 5.69 Å². The molecule has 4 nitrogen and oxygen atoms in total. The summed E-state index contributed by atoms with van der Waals surface area (Å²) in [5.41, 5.74) is 7.89. The van der Waals surface area contributed by atoms with Crippen LogP contribution in [0.15, 0.2) is 30.5 Å². The van der Waals surface area contributed by atoms with Crippen LogP contribution in [0.4, 0.5) is 5.82 Å². The zero-order valence-electron chi connectivity index (χ0n) is 9.81. The van der Waals surface area contributed by atoms with Crippen LogP contribution in [0.5, 0.6) is 0 Å². The van der Waals surface area contributed by atoms with Gasteiger partial charge in [0.15, 0.2) is 5.82 Å². The second-order valence-electron chi connectivity index (χ2n) is 4.86. The van der Waals surface area contributed by atoms with Gasteiger partial charge < -0.3 is 5.73 Å². The third-order valence-corrected chi connectivity index (χ3v) is 2.47. The highest BCUT2D eigenvalue weighted by molar-refractivity contribution is 5.36. The maximum absolute atomic E-state index is 5.52. The third-order valence-electron chi connectivity index (χ3n) is 2.47. The molecule has 0 aliphatic carbocycles. The number of benzene rings is 1. The van der Waals surface area contributed by atoms with E-state index in [2.05, 4.69) is 43.1 Å². The summed E-state index contributed by atoms with van der Waals surface area (Å²) in [5.74, 6) is 0.430. The van der Waals surface area contributed by atoms with E-state index in [4.69, 9.17) is 5.73 Å². The van der Waals surface area contributed by atoms with E-state index in [1.54, 1.807) is 0 Å². The minimum atomic E-state index is 0.162. The molecular weight excluding hydrogens is 200 g/mol. The smallest absolute Gasteiger partial charge is 0.166 e. The van der Waals surface area contributed by atoms with Crippen molar-refractivity contribution in [1.82, 2.24) is 15.0 Å². The lowest BCUT2D eigenvalue weighted by atomic mass is 9.87. The van der Waals surface area contributed by atoms with Crippen LogP contribution in [-0.2, 0) is 5.41 Å². The average molecular weight is 216 g/mol. The Bertz CT molecular complexity index is 476. The predicted octanol–water partition coefficient (Wildman–Crippen LogP) is 2.15. The van der Waals surface area contributed by atoms with Crippen molar-refractivity contribution < 1.29 is 0 Å². The summed E-state index contributed by atoms with van der Waals surface area (Å²) in [6.07, 6.45) is 1.54. The maximum atomic E-state index is 5.52. The molecule has 0 aliphatic heterocycles. The number of aromatic nitrogens is 3. The van der Waals surface area contributed by atoms with Crippen molar-refractivity contribution in [2.45, 2.75) is 26.2 Å². The van der Waals surface area contributed by atoms with Crippen molar-refractivity contribution in [2.75, 3.05) is 5.73 Å². The lowest BCUT2D eigenvalue weighted by molar-refractivity contribution is 0.589. The first-order chi connectivity index (χ1) is 7.47. The van der Waals surface area contributed by atoms with Crippen molar-refractivity contribution >= 4 is 5.82 Å². The number of hydrogen-bond donors (Lipinski definition) is 1. The average Bonchev–Trinajstić information content (AvgIpc) is 2.64. The molecule has 0 radical (unpaired) electrons. The predicted molar refractivity (Wildman–Crippen MR) is 64.5 cm³/mol. The molecule has 2 rings (SSSR count). The van der Waals surface area contributed by atoms with E-state index >= 15 is 0 Å². The highest BCUT2D eigenvalue weighted by atomic mass is 15.5. The molecule has 0 amide bonds. The molecule has 4 heteroatoms. The molecule has 0 atom stereocenters. The van der Waals surface area contributed by atoms with Crippen molar-refractivity contribution in [3.05, 3.63) is 36.0 Å². The fourth-order valence-corrected chi connectivity index (χ4v) is 1.49. The molecule has 0 saturated heterocycles. The quantitative estimate of drug-likeness (QED) is 0.794. The third kappa shape index (κ3) is 2.05. The lowest BCUT2D eigenvalue weighted by Crippen LogP contribution is -2.11. The summed E-state index contributed by atoms with van der Waals surface area (Å²) in [4.78, 5) is 1.53. The van der Waals surface area contributed by atoms with Crippen molar-refractivity contribution in [3.63, 3.8) is 0 Å². The van der Waals surface area contributed by atoms with Crippen LogP contribution in [0.1, 0.15) is 26.3 Å². The topological polar surface area (TPSA) is 56.7 Å². The highest BCUT2D eigenvalue weighted by Gasteiger charge is 2.13. The number of nitrogens with zero attached hydrogens (tertiary/aromatic N) is 3. The van der Waals surface area contributed by atoms with Crippen molar-refractivity contribution in [1.29, 1.82) is 0 Å². The van der Waals surface area contributed by atoms with Crippen LogP contribution in [-0.4, -0.2) is 15.0 Å². The number of rotatable bonds is 1. The standard InChI is InChI=1S/C12H16N4/c1-12(2,3)9-4-6-10(7-5-9)16-14-8-11(13)15-16/h4-8H,1-3H3,(H2,13,15). The molecule has 0 aliphatic rings. The van der Waals surface area contributed by atoms with E-state index in [1.165, 1.54) is 16.6 Å². The number of nitrogens with two attached hydrogens (primary N) is 1. The Labute approximate surface area is 95.1 Å². The SMILES string of the molecule is CC(C)(C)c1ccc(-n2ncc(N)n2)cc1. The summed E-state index contributed by atoms with van der Waals surface area (Å²) in [6, 6.07) is 8.18. The van der Waals surface area contributed by atoms with E-state index in [0.29, 0.717) is 5.82 Å². The van der Waals surface area contributed by atoms with Gasteiger partial charge >= 0.3 is 0 Å². The Morgan fingerprint density at radius 2 is 1.75 bits per heavy atom. The number of hydrogen-bond acceptors (Lipinski definition) is 3. The summed E-state index contributed by atoms with van der Waals surface area (Å²) >= 11 is 0. The monoisotopic (exact) mass is 216 g/mol. The van der Waals surface area contributed by atoms with Crippen molar-refractivity contribution in [2.24, 2.45) is 0 Å². The summed E-state index contributed by atoms with van der Waals surface area (Å²) in [5, 5.41) is 8.11. The lowest BCUT2D eigenvalue weighted by Gasteiger charge is -2.18. The van der Waals surface area contributed by atoms with E-state index in [0.717, 1.165) is 5.69 Å². The Morgan fingerprint density at radius 3 is 2.19 bits per heavy atom. The van der Waals surface area contributed by atoms with Gasteiger partial charge in [-0.1, -0.05) is 32.9 Å². The minimum Gasteiger partial charge on any atom is -0.381 e. The Hall–Kier alpha value is -1.84. The molecule has 1 aromatic carbocycles. The Balaban J connectivity index is 2.33. The first-order valence-electron chi connectivity index (χ1n) is 5.25. The zero-order valence-corrected chi connectivity index (χ0v) is 9.81. The van der Waals surface area contributed by atoms with Gasteiger partial charge in [-0.3, -0.25) is 0 Å². The Kier molecular flexibility index (Phi) is 2.42. The molecule has 84 valence electrons. The second-order valence-corrected chi connectivity index (χ2v) is 4.86. The number of nitrogen functional groups attached to an aromatic ring is 1. The van der Waals surface area contributed by atoms with Gasteiger partial charge in [-0.25, -0.2) is 0 Å². The maximum Gasteiger partial charge on any atom is 0.166 e. The van der Waals surface area contributed by atoms with Gasteiger partial charge in [0.25, 0.3) is 0 Å². The fraction of sp³-hybridized carbons (Fsp3) is 0.333. The summed E-state index contributed by atoms with van der Waals surface area (Å²) in [6.45, 7) is 6.56. The van der Waals surface area contributed by atoms with Gasteiger partial charge in [-0.2, -0.15) is 5.10 Å². The van der Waals surface area contributed by atoms with Crippen LogP contribution in [0.2, 0.25) is 0 Å². The molecule has 1 heterocycles. The first kappa shape index (κ1) is 10.7. The largest absolute Gasteiger partial charge is 0.381 e. The van der Waals surface area contributed by atoms with Gasteiger partial charge in [0, 0.05) is 0 Å². The highest BCUT2D eigenvalue weighted by Crippen LogP contribution is 2.22. The summed E-state index contributed by atoms with van der Waals surface area (Å²) < 4.78 is 0. The van der Waals surface area contributed by atoms with E-state index in [9.17, 15) is 0 Å². The molecule has 0 fully saturated rings. The zero-order chi connectivity index (χ0) is 11.8. The molecule has 2 N–H and O–H groups in total. The summed E-state index contributed by atoms with van der Waals surface area (Å²) in [7, 11) is 0. The van der Waals surface area contributed by atoms with Crippen LogP contribution >= 0.6 is 0 Å². The minimum absolute atomic E-state index is 0.162. The second kappa shape index (κ2) is 3.63. The van der Waals surface area contributed by atoms with Gasteiger partial charge in [0.1, 0.15) is 0 Å². The van der Waals surface area contributed by atoms with Gasteiger partial charge in [0.05, 0.1) is 11.9 Å². The van der Waals surface area contributed by atoms with Gasteiger partial charge in [-0.15, -0.1) is 9.90 Å². The molecule has 1 aromatic heterocycles. The van der Waals surface area contributed by atoms with E-state index in [-0.39, 0.29) is 5.41 Å².